The molecule has 3 rings (SSSR count). The number of aryl methyl sites for hydroxylation is 1. The fourth-order valence-electron chi connectivity index (χ4n) is 3.64. The average molecular weight is 436 g/mol. The monoisotopic (exact) mass is 435 g/mol. The van der Waals surface area contributed by atoms with Gasteiger partial charge < -0.3 is 25.7 Å². The van der Waals surface area contributed by atoms with Crippen molar-refractivity contribution in [2.24, 2.45) is 4.99 Å². The quantitative estimate of drug-likeness (QED) is 0.291. The fraction of sp³-hybridized carbons (Fsp3) is 0.360. The van der Waals surface area contributed by atoms with Crippen LogP contribution in [0.5, 0.6) is 5.75 Å². The zero-order valence-corrected chi connectivity index (χ0v) is 19.1. The van der Waals surface area contributed by atoms with Crippen LogP contribution in [0.2, 0.25) is 0 Å². The number of carbonyl (C=O) groups is 1. The number of aromatic amines is 1. The number of aromatic nitrogens is 1. The Bertz CT molecular complexity index is 1060. The van der Waals surface area contributed by atoms with Gasteiger partial charge in [0.05, 0.1) is 0 Å². The lowest BCUT2D eigenvalue weighted by Gasteiger charge is -2.13. The van der Waals surface area contributed by atoms with E-state index in [9.17, 15) is 4.79 Å². The standard InChI is InChI=1S/C25H33N5O2/c1-4-19-9-7-11-22-20(16-29-24(19)22)12-13-28-25(26-3)30-15-18-8-6-10-21(14-18)32-17-23(31)27-5-2/h6-11,14,16,29H,4-5,12-13,15,17H2,1-3H3,(H,27,31)(H2,26,28,30). The number of ether oxygens (including phenoxy) is 1. The topological polar surface area (TPSA) is 90.5 Å². The van der Waals surface area contributed by atoms with Crippen LogP contribution < -0.4 is 20.7 Å². The Morgan fingerprint density at radius 1 is 1.06 bits per heavy atom. The molecular weight excluding hydrogens is 402 g/mol. The Morgan fingerprint density at radius 3 is 2.69 bits per heavy atom. The molecule has 1 aromatic heterocycles. The Hall–Kier alpha value is -3.48. The second kappa shape index (κ2) is 11.8. The van der Waals surface area contributed by atoms with Crippen molar-refractivity contribution >= 4 is 22.8 Å². The van der Waals surface area contributed by atoms with E-state index in [1.807, 2.05) is 31.2 Å². The summed E-state index contributed by atoms with van der Waals surface area (Å²) in [6, 6.07) is 14.2. The minimum absolute atomic E-state index is 0.0154. The number of nitrogens with zero attached hydrogens (tertiary/aromatic N) is 1. The Kier molecular flexibility index (Phi) is 8.54. The summed E-state index contributed by atoms with van der Waals surface area (Å²) in [5.74, 6) is 1.29. The summed E-state index contributed by atoms with van der Waals surface area (Å²) in [6.45, 7) is 6.05. The molecule has 3 aromatic rings. The van der Waals surface area contributed by atoms with Crippen molar-refractivity contribution in [3.05, 3.63) is 65.4 Å². The van der Waals surface area contributed by atoms with Crippen LogP contribution in [-0.4, -0.2) is 43.6 Å². The highest BCUT2D eigenvalue weighted by Crippen LogP contribution is 2.22. The van der Waals surface area contributed by atoms with Crippen molar-refractivity contribution in [2.75, 3.05) is 26.7 Å². The predicted octanol–water partition coefficient (Wildman–Crippen LogP) is 3.15. The second-order valence-corrected chi connectivity index (χ2v) is 7.50. The third kappa shape index (κ3) is 6.26. The first kappa shape index (κ1) is 23.2. The molecule has 7 heteroatoms. The normalized spacial score (nSPS) is 11.4. The fourth-order valence-corrected chi connectivity index (χ4v) is 3.64. The maximum atomic E-state index is 11.6. The lowest BCUT2D eigenvalue weighted by Crippen LogP contribution is -2.37. The van der Waals surface area contributed by atoms with Crippen molar-refractivity contribution < 1.29 is 9.53 Å². The lowest BCUT2D eigenvalue weighted by molar-refractivity contribution is -0.122. The number of fused-ring (bicyclic) bond motifs is 1. The van der Waals surface area contributed by atoms with Crippen molar-refractivity contribution in [2.45, 2.75) is 33.2 Å². The third-order valence-corrected chi connectivity index (χ3v) is 5.28. The smallest absolute Gasteiger partial charge is 0.257 e. The molecular formula is C25H33N5O2. The van der Waals surface area contributed by atoms with E-state index in [1.54, 1.807) is 7.05 Å². The predicted molar refractivity (Wildman–Crippen MR) is 130 cm³/mol. The number of hydrogen-bond donors (Lipinski definition) is 4. The number of carbonyl (C=O) groups excluding carboxylic acids is 1. The SMILES string of the molecule is CCNC(=O)COc1cccc(CNC(=NC)NCCc2c[nH]c3c(CC)cccc23)c1. The van der Waals surface area contributed by atoms with Gasteiger partial charge in [0.15, 0.2) is 12.6 Å². The molecule has 4 N–H and O–H groups in total. The van der Waals surface area contributed by atoms with Gasteiger partial charge in [-0.2, -0.15) is 0 Å². The van der Waals surface area contributed by atoms with E-state index in [0.29, 0.717) is 18.8 Å². The summed E-state index contributed by atoms with van der Waals surface area (Å²) in [7, 11) is 1.76. The van der Waals surface area contributed by atoms with Gasteiger partial charge in [0.25, 0.3) is 5.91 Å². The van der Waals surface area contributed by atoms with Crippen molar-refractivity contribution in [1.29, 1.82) is 0 Å². The van der Waals surface area contributed by atoms with Gasteiger partial charge in [-0.3, -0.25) is 9.79 Å². The highest BCUT2D eigenvalue weighted by Gasteiger charge is 2.07. The molecule has 32 heavy (non-hydrogen) atoms. The number of amides is 1. The van der Waals surface area contributed by atoms with Crippen LogP contribution in [-0.2, 0) is 24.2 Å². The molecule has 1 amide bonds. The summed E-state index contributed by atoms with van der Waals surface area (Å²) >= 11 is 0. The van der Waals surface area contributed by atoms with Crippen LogP contribution in [0, 0.1) is 0 Å². The number of benzene rings is 2. The van der Waals surface area contributed by atoms with Gasteiger partial charge in [0.2, 0.25) is 0 Å². The highest BCUT2D eigenvalue weighted by atomic mass is 16.5. The van der Waals surface area contributed by atoms with Gasteiger partial charge in [-0.25, -0.2) is 0 Å². The molecule has 0 saturated carbocycles. The minimum Gasteiger partial charge on any atom is -0.484 e. The molecule has 170 valence electrons. The van der Waals surface area contributed by atoms with Crippen LogP contribution >= 0.6 is 0 Å². The number of hydrogen-bond acceptors (Lipinski definition) is 3. The van der Waals surface area contributed by atoms with Crippen molar-refractivity contribution in [3.63, 3.8) is 0 Å². The van der Waals surface area contributed by atoms with Crippen LogP contribution in [0.3, 0.4) is 0 Å². The highest BCUT2D eigenvalue weighted by molar-refractivity contribution is 5.86. The van der Waals surface area contributed by atoms with Crippen LogP contribution in [0.4, 0.5) is 0 Å². The van der Waals surface area contributed by atoms with E-state index in [-0.39, 0.29) is 12.5 Å². The van der Waals surface area contributed by atoms with Gasteiger partial charge in [0.1, 0.15) is 5.75 Å². The number of likely N-dealkylation sites (N-methyl/N-ethyl adjacent to an activating group) is 1. The molecule has 0 aliphatic rings. The summed E-state index contributed by atoms with van der Waals surface area (Å²) in [4.78, 5) is 19.3. The number of para-hydroxylation sites is 1. The number of guanidine groups is 1. The summed E-state index contributed by atoms with van der Waals surface area (Å²) in [6.07, 6.45) is 4.02. The van der Waals surface area contributed by atoms with Gasteiger partial charge in [-0.1, -0.05) is 37.3 Å². The van der Waals surface area contributed by atoms with Crippen LogP contribution in [0.25, 0.3) is 10.9 Å². The maximum Gasteiger partial charge on any atom is 0.257 e. The van der Waals surface area contributed by atoms with Gasteiger partial charge >= 0.3 is 0 Å². The molecule has 7 nitrogen and oxygen atoms in total. The van der Waals surface area contributed by atoms with E-state index >= 15 is 0 Å². The van der Waals surface area contributed by atoms with E-state index < -0.39 is 0 Å². The van der Waals surface area contributed by atoms with E-state index in [4.69, 9.17) is 4.74 Å². The Labute approximate surface area is 189 Å². The number of nitrogens with one attached hydrogen (secondary N) is 4. The first-order valence-electron chi connectivity index (χ1n) is 11.1. The summed E-state index contributed by atoms with van der Waals surface area (Å²) in [5.41, 5.74) is 4.93. The molecule has 1 heterocycles. The molecule has 0 fully saturated rings. The Balaban J connectivity index is 1.48. The van der Waals surface area contributed by atoms with Gasteiger partial charge in [0, 0.05) is 43.8 Å². The van der Waals surface area contributed by atoms with Gasteiger partial charge in [-0.15, -0.1) is 0 Å². The molecule has 0 aliphatic carbocycles. The largest absolute Gasteiger partial charge is 0.484 e. The number of aliphatic imine (C=N–C) groups is 1. The Morgan fingerprint density at radius 2 is 1.91 bits per heavy atom. The first-order valence-corrected chi connectivity index (χ1v) is 11.1. The molecule has 0 radical (unpaired) electrons. The number of H-pyrrole nitrogens is 1. The minimum atomic E-state index is -0.123. The molecule has 0 saturated heterocycles. The van der Waals surface area contributed by atoms with E-state index in [1.165, 1.54) is 22.0 Å². The summed E-state index contributed by atoms with van der Waals surface area (Å²) in [5, 5.41) is 10.7. The van der Waals surface area contributed by atoms with Gasteiger partial charge in [-0.05, 0) is 48.6 Å². The van der Waals surface area contributed by atoms with E-state index in [0.717, 1.165) is 30.9 Å². The zero-order valence-electron chi connectivity index (χ0n) is 19.1. The second-order valence-electron chi connectivity index (χ2n) is 7.50. The van der Waals surface area contributed by atoms with Crippen molar-refractivity contribution in [1.82, 2.24) is 20.9 Å². The average Bonchev–Trinajstić information content (AvgIpc) is 3.23. The van der Waals surface area contributed by atoms with Crippen LogP contribution in [0.1, 0.15) is 30.5 Å². The molecule has 2 aromatic carbocycles. The molecule has 0 unspecified atom stereocenters. The maximum absolute atomic E-state index is 11.6. The summed E-state index contributed by atoms with van der Waals surface area (Å²) < 4.78 is 5.56. The first-order chi connectivity index (χ1) is 15.6. The number of rotatable bonds is 10. The van der Waals surface area contributed by atoms with Crippen LogP contribution in [0.15, 0.2) is 53.7 Å². The third-order valence-electron chi connectivity index (χ3n) is 5.28. The molecule has 0 aliphatic heterocycles. The van der Waals surface area contributed by atoms with Crippen molar-refractivity contribution in [3.8, 4) is 5.75 Å². The lowest BCUT2D eigenvalue weighted by atomic mass is 10.1. The molecule has 0 bridgehead atoms. The molecule has 0 atom stereocenters. The van der Waals surface area contributed by atoms with E-state index in [2.05, 4.69) is 57.2 Å². The molecule has 0 spiro atoms. The zero-order chi connectivity index (χ0) is 22.8.